The molecule has 0 aromatic heterocycles. The Bertz CT molecular complexity index is 283. The second-order valence-electron chi connectivity index (χ2n) is 7.28. The van der Waals surface area contributed by atoms with Gasteiger partial charge in [-0.25, -0.2) is 0 Å². The van der Waals surface area contributed by atoms with E-state index in [1.165, 1.54) is 83.7 Å². The minimum atomic E-state index is 0.477. The SMILES string of the molecule is CNC1(CCN2CCC3CCCCC32)CCCCC1. The van der Waals surface area contributed by atoms with Gasteiger partial charge in [0.1, 0.15) is 0 Å². The van der Waals surface area contributed by atoms with Gasteiger partial charge in [0.15, 0.2) is 0 Å². The summed E-state index contributed by atoms with van der Waals surface area (Å²) in [5, 5.41) is 3.69. The maximum absolute atomic E-state index is 3.69. The minimum absolute atomic E-state index is 0.477. The van der Waals surface area contributed by atoms with Crippen LogP contribution in [0.4, 0.5) is 0 Å². The molecule has 3 rings (SSSR count). The number of fused-ring (bicyclic) bond motifs is 1. The van der Waals surface area contributed by atoms with E-state index in [2.05, 4.69) is 17.3 Å². The van der Waals surface area contributed by atoms with Crippen molar-refractivity contribution >= 4 is 0 Å². The molecule has 1 saturated heterocycles. The van der Waals surface area contributed by atoms with Crippen molar-refractivity contribution in [2.24, 2.45) is 5.92 Å². The molecule has 2 nitrogen and oxygen atoms in total. The zero-order valence-corrected chi connectivity index (χ0v) is 12.8. The Morgan fingerprint density at radius 3 is 2.58 bits per heavy atom. The maximum atomic E-state index is 3.69. The molecule has 1 aliphatic heterocycles. The lowest BCUT2D eigenvalue weighted by Crippen LogP contribution is -2.48. The largest absolute Gasteiger partial charge is 0.314 e. The lowest BCUT2D eigenvalue weighted by Gasteiger charge is -2.40. The lowest BCUT2D eigenvalue weighted by molar-refractivity contribution is 0.145. The summed E-state index contributed by atoms with van der Waals surface area (Å²) in [6, 6.07) is 0.950. The molecule has 0 amide bonds. The quantitative estimate of drug-likeness (QED) is 0.835. The van der Waals surface area contributed by atoms with E-state index >= 15 is 0 Å². The van der Waals surface area contributed by atoms with Gasteiger partial charge in [-0.1, -0.05) is 32.1 Å². The molecule has 0 radical (unpaired) electrons. The third-order valence-corrected chi connectivity index (χ3v) is 6.34. The van der Waals surface area contributed by atoms with Gasteiger partial charge < -0.3 is 10.2 Å². The molecular weight excluding hydrogens is 232 g/mol. The summed E-state index contributed by atoms with van der Waals surface area (Å²) in [6.45, 7) is 2.73. The Labute approximate surface area is 119 Å². The summed E-state index contributed by atoms with van der Waals surface area (Å²) in [5.41, 5.74) is 0.477. The van der Waals surface area contributed by atoms with Crippen LogP contribution < -0.4 is 5.32 Å². The number of hydrogen-bond donors (Lipinski definition) is 1. The number of nitrogens with zero attached hydrogens (tertiary/aromatic N) is 1. The number of hydrogen-bond acceptors (Lipinski definition) is 2. The fourth-order valence-corrected chi connectivity index (χ4v) is 4.99. The first-order valence-corrected chi connectivity index (χ1v) is 8.76. The van der Waals surface area contributed by atoms with Crippen LogP contribution in [0.3, 0.4) is 0 Å². The topological polar surface area (TPSA) is 15.3 Å². The summed E-state index contributed by atoms with van der Waals surface area (Å²) in [6.07, 6.45) is 16.0. The summed E-state index contributed by atoms with van der Waals surface area (Å²) in [4.78, 5) is 2.84. The van der Waals surface area contributed by atoms with Gasteiger partial charge in [0.2, 0.25) is 0 Å². The first kappa shape index (κ1) is 13.9. The third-order valence-electron chi connectivity index (χ3n) is 6.34. The molecule has 0 aromatic rings. The molecule has 0 bridgehead atoms. The molecule has 2 heteroatoms. The Balaban J connectivity index is 1.53. The molecule has 3 aliphatic rings. The maximum Gasteiger partial charge on any atom is 0.0190 e. The van der Waals surface area contributed by atoms with Gasteiger partial charge in [0.25, 0.3) is 0 Å². The predicted octanol–water partition coefficient (Wildman–Crippen LogP) is 3.56. The first-order chi connectivity index (χ1) is 9.33. The molecule has 2 unspecified atom stereocenters. The Kier molecular flexibility index (Phi) is 4.48. The van der Waals surface area contributed by atoms with Crippen LogP contribution in [-0.4, -0.2) is 36.6 Å². The summed E-state index contributed by atoms with van der Waals surface area (Å²) in [7, 11) is 2.19. The third kappa shape index (κ3) is 3.00. The van der Waals surface area contributed by atoms with Crippen LogP contribution in [0.25, 0.3) is 0 Å². The van der Waals surface area contributed by atoms with E-state index in [1.54, 1.807) is 0 Å². The highest BCUT2D eigenvalue weighted by Gasteiger charge is 2.37. The second kappa shape index (κ2) is 6.13. The van der Waals surface area contributed by atoms with E-state index in [9.17, 15) is 0 Å². The predicted molar refractivity (Wildman–Crippen MR) is 81.4 cm³/mol. The van der Waals surface area contributed by atoms with E-state index in [0.717, 1.165) is 12.0 Å². The van der Waals surface area contributed by atoms with Gasteiger partial charge in [0, 0.05) is 18.1 Å². The zero-order chi connectivity index (χ0) is 13.1. The Hall–Kier alpha value is -0.0800. The van der Waals surface area contributed by atoms with E-state index in [1.807, 2.05) is 0 Å². The van der Waals surface area contributed by atoms with Gasteiger partial charge in [-0.05, 0) is 58.0 Å². The number of rotatable bonds is 4. The molecule has 19 heavy (non-hydrogen) atoms. The Morgan fingerprint density at radius 1 is 1.00 bits per heavy atom. The van der Waals surface area contributed by atoms with Crippen molar-refractivity contribution in [3.63, 3.8) is 0 Å². The average Bonchev–Trinajstić information content (AvgIpc) is 2.89. The van der Waals surface area contributed by atoms with E-state index in [4.69, 9.17) is 0 Å². The highest BCUT2D eigenvalue weighted by Crippen LogP contribution is 2.37. The van der Waals surface area contributed by atoms with Crippen molar-refractivity contribution in [2.75, 3.05) is 20.1 Å². The van der Waals surface area contributed by atoms with Gasteiger partial charge in [-0.3, -0.25) is 0 Å². The van der Waals surface area contributed by atoms with Crippen molar-refractivity contribution in [1.82, 2.24) is 10.2 Å². The summed E-state index contributed by atoms with van der Waals surface area (Å²) >= 11 is 0. The van der Waals surface area contributed by atoms with E-state index in [0.29, 0.717) is 5.54 Å². The second-order valence-corrected chi connectivity index (χ2v) is 7.28. The monoisotopic (exact) mass is 264 g/mol. The highest BCUT2D eigenvalue weighted by molar-refractivity contribution is 4.94. The summed E-state index contributed by atoms with van der Waals surface area (Å²) < 4.78 is 0. The molecule has 0 spiro atoms. The Morgan fingerprint density at radius 2 is 1.79 bits per heavy atom. The van der Waals surface area contributed by atoms with Crippen LogP contribution in [0.15, 0.2) is 0 Å². The van der Waals surface area contributed by atoms with Crippen LogP contribution in [0.2, 0.25) is 0 Å². The van der Waals surface area contributed by atoms with Gasteiger partial charge >= 0.3 is 0 Å². The molecule has 0 aromatic carbocycles. The molecule has 1 heterocycles. The van der Waals surface area contributed by atoms with Crippen molar-refractivity contribution in [3.05, 3.63) is 0 Å². The molecule has 1 N–H and O–H groups in total. The standard InChI is InChI=1S/C17H32N2/c1-18-17(10-5-2-6-11-17)12-14-19-13-9-15-7-3-4-8-16(15)19/h15-16,18H,2-14H2,1H3. The summed E-state index contributed by atoms with van der Waals surface area (Å²) in [5.74, 6) is 1.05. The van der Waals surface area contributed by atoms with E-state index < -0.39 is 0 Å². The van der Waals surface area contributed by atoms with Crippen LogP contribution in [0.5, 0.6) is 0 Å². The molecule has 2 atom stereocenters. The van der Waals surface area contributed by atoms with Gasteiger partial charge in [-0.15, -0.1) is 0 Å². The molecule has 3 fully saturated rings. The molecule has 2 aliphatic carbocycles. The van der Waals surface area contributed by atoms with Crippen LogP contribution in [0.1, 0.15) is 70.6 Å². The fraction of sp³-hybridized carbons (Fsp3) is 1.00. The smallest absolute Gasteiger partial charge is 0.0190 e. The van der Waals surface area contributed by atoms with E-state index in [-0.39, 0.29) is 0 Å². The van der Waals surface area contributed by atoms with Crippen molar-refractivity contribution in [1.29, 1.82) is 0 Å². The first-order valence-electron chi connectivity index (χ1n) is 8.76. The van der Waals surface area contributed by atoms with Crippen molar-refractivity contribution < 1.29 is 0 Å². The minimum Gasteiger partial charge on any atom is -0.314 e. The number of likely N-dealkylation sites (tertiary alicyclic amines) is 1. The van der Waals surface area contributed by atoms with Gasteiger partial charge in [-0.2, -0.15) is 0 Å². The zero-order valence-electron chi connectivity index (χ0n) is 12.8. The highest BCUT2D eigenvalue weighted by atomic mass is 15.2. The molecule has 110 valence electrons. The van der Waals surface area contributed by atoms with Gasteiger partial charge in [0.05, 0.1) is 0 Å². The normalized spacial score (nSPS) is 35.2. The average molecular weight is 264 g/mol. The molecule has 2 saturated carbocycles. The molecular formula is C17H32N2. The lowest BCUT2D eigenvalue weighted by atomic mass is 9.79. The van der Waals surface area contributed by atoms with Crippen LogP contribution in [0, 0.1) is 5.92 Å². The fourth-order valence-electron chi connectivity index (χ4n) is 4.99. The van der Waals surface area contributed by atoms with Crippen LogP contribution >= 0.6 is 0 Å². The van der Waals surface area contributed by atoms with Crippen LogP contribution in [-0.2, 0) is 0 Å². The number of nitrogens with one attached hydrogen (secondary N) is 1. The van der Waals surface area contributed by atoms with Crippen molar-refractivity contribution in [2.45, 2.75) is 82.2 Å². The van der Waals surface area contributed by atoms with Crippen molar-refractivity contribution in [3.8, 4) is 0 Å².